The number of benzene rings is 2. The molecule has 0 saturated heterocycles. The lowest BCUT2D eigenvalue weighted by Gasteiger charge is -2.39. The molecule has 5 rings (SSSR count). The average molecular weight is 827 g/mol. The summed E-state index contributed by atoms with van der Waals surface area (Å²) in [6, 6.07) is 7.45. The molecule has 59 heavy (non-hydrogen) atoms. The van der Waals surface area contributed by atoms with Crippen LogP contribution in [0.1, 0.15) is 96.5 Å². The van der Waals surface area contributed by atoms with Gasteiger partial charge >= 0.3 is 6.18 Å². The molecule has 2 aromatic carbocycles. The molecule has 0 radical (unpaired) electrons. The van der Waals surface area contributed by atoms with Crippen molar-refractivity contribution in [3.63, 3.8) is 0 Å². The molecule has 0 bridgehead atoms. The van der Waals surface area contributed by atoms with Crippen molar-refractivity contribution in [2.75, 3.05) is 6.54 Å². The van der Waals surface area contributed by atoms with Crippen LogP contribution >= 0.6 is 0 Å². The third-order valence-corrected chi connectivity index (χ3v) is 11.4. The number of nitrogens with one attached hydrogen (secondary N) is 5. The maximum absolute atomic E-state index is 14.8. The number of alkyl halides is 3. The predicted octanol–water partition coefficient (Wildman–Crippen LogP) is 4.81. The minimum atomic E-state index is -4.65. The van der Waals surface area contributed by atoms with Gasteiger partial charge in [0.25, 0.3) is 0 Å². The van der Waals surface area contributed by atoms with Crippen molar-refractivity contribution >= 4 is 34.5 Å². The monoisotopic (exact) mass is 826 g/mol. The fourth-order valence-corrected chi connectivity index (χ4v) is 7.34. The van der Waals surface area contributed by atoms with Crippen LogP contribution in [0.5, 0.6) is 0 Å². The lowest BCUT2D eigenvalue weighted by Crippen LogP contribution is -2.67. The van der Waals surface area contributed by atoms with E-state index in [2.05, 4.69) is 36.7 Å². The number of carbonyl (C=O) groups is 4. The van der Waals surface area contributed by atoms with Gasteiger partial charge in [-0.15, -0.1) is 4.68 Å². The zero-order chi connectivity index (χ0) is 43.3. The Balaban J connectivity index is 1.42. The first-order valence-corrected chi connectivity index (χ1v) is 20.2. The van der Waals surface area contributed by atoms with Crippen molar-refractivity contribution in [3.8, 4) is 0 Å². The summed E-state index contributed by atoms with van der Waals surface area (Å²) in [7, 11) is 0. The summed E-state index contributed by atoms with van der Waals surface area (Å²) in [6.07, 6.45) is -1.84. The predicted molar refractivity (Wildman–Crippen MR) is 212 cm³/mol. The van der Waals surface area contributed by atoms with E-state index in [0.717, 1.165) is 6.07 Å². The van der Waals surface area contributed by atoms with Gasteiger partial charge in [0.15, 0.2) is 5.21 Å². The largest absolute Gasteiger partial charge is 0.418 e. The number of amides is 4. The SMILES string of the molecule is CCC(C)C(NC(=O)Cc1ccccc1F)C(=O)N[C@]1(C(=O)NC(C(=O)NCCC[n+]2cn(C(C)(C)C)nn2)C(C)CC)CCc2[nH]c3c(C(F)(F)F)cccc3c2C1. The number of para-hydroxylation sites is 1. The number of aryl methyl sites for hydroxylation is 2. The van der Waals surface area contributed by atoms with Crippen LogP contribution in [-0.4, -0.2) is 67.9 Å². The summed E-state index contributed by atoms with van der Waals surface area (Å²) in [4.78, 5) is 59.2. The Labute approximate surface area is 341 Å². The van der Waals surface area contributed by atoms with Crippen molar-refractivity contribution in [2.45, 2.75) is 129 Å². The van der Waals surface area contributed by atoms with Crippen LogP contribution in [0.15, 0.2) is 48.8 Å². The molecule has 0 fully saturated rings. The molecule has 4 aromatic rings. The van der Waals surface area contributed by atoms with Gasteiger partial charge in [-0.1, -0.05) is 75.6 Å². The second-order valence-electron chi connectivity index (χ2n) is 16.7. The first kappa shape index (κ1) is 44.7. The minimum absolute atomic E-state index is 0.0243. The number of aromatic nitrogens is 5. The molecular formula is C42H56F4N9O4+. The Kier molecular flexibility index (Phi) is 13.9. The van der Waals surface area contributed by atoms with E-state index in [9.17, 15) is 36.7 Å². The topological polar surface area (TPSA) is 167 Å². The molecule has 1 aliphatic rings. The Morgan fingerprint density at radius 2 is 1.63 bits per heavy atom. The van der Waals surface area contributed by atoms with Crippen LogP contribution in [0.3, 0.4) is 0 Å². The van der Waals surface area contributed by atoms with Gasteiger partial charge in [-0.2, -0.15) is 13.2 Å². The van der Waals surface area contributed by atoms with Gasteiger partial charge in [-0.3, -0.25) is 19.2 Å². The smallest absolute Gasteiger partial charge is 0.358 e. The number of tetrazole rings is 1. The van der Waals surface area contributed by atoms with Crippen molar-refractivity contribution in [1.82, 2.24) is 41.4 Å². The number of H-pyrrole nitrogens is 1. The first-order chi connectivity index (χ1) is 27.8. The molecule has 1 aliphatic carbocycles. The van der Waals surface area contributed by atoms with Crippen molar-refractivity contribution in [2.24, 2.45) is 11.8 Å². The Bertz CT molecular complexity index is 2140. The molecule has 5 atom stereocenters. The van der Waals surface area contributed by atoms with Gasteiger partial charge in [-0.05, 0) is 75.1 Å². The molecule has 2 aromatic heterocycles. The van der Waals surface area contributed by atoms with E-state index in [1.165, 1.54) is 30.3 Å². The van der Waals surface area contributed by atoms with E-state index in [-0.39, 0.29) is 60.2 Å². The van der Waals surface area contributed by atoms with E-state index in [1.807, 2.05) is 41.5 Å². The number of rotatable bonds is 16. The lowest BCUT2D eigenvalue weighted by molar-refractivity contribution is -0.755. The first-order valence-electron chi connectivity index (χ1n) is 20.2. The maximum Gasteiger partial charge on any atom is 0.418 e. The summed E-state index contributed by atoms with van der Waals surface area (Å²) < 4.78 is 60.2. The highest BCUT2D eigenvalue weighted by Crippen LogP contribution is 2.40. The van der Waals surface area contributed by atoms with E-state index in [0.29, 0.717) is 37.1 Å². The average Bonchev–Trinajstić information content (AvgIpc) is 3.82. The molecule has 4 amide bonds. The Morgan fingerprint density at radius 3 is 2.25 bits per heavy atom. The molecular weight excluding hydrogens is 771 g/mol. The zero-order valence-electron chi connectivity index (χ0n) is 34.7. The highest BCUT2D eigenvalue weighted by Gasteiger charge is 2.47. The minimum Gasteiger partial charge on any atom is -0.358 e. The number of hydrogen-bond acceptors (Lipinski definition) is 6. The van der Waals surface area contributed by atoms with E-state index >= 15 is 0 Å². The summed E-state index contributed by atoms with van der Waals surface area (Å²) in [5, 5.41) is 20.0. The molecule has 17 heteroatoms. The van der Waals surface area contributed by atoms with Gasteiger partial charge in [0, 0.05) is 24.0 Å². The third-order valence-electron chi connectivity index (χ3n) is 11.4. The Hall–Kier alpha value is -5.35. The van der Waals surface area contributed by atoms with Crippen LogP contribution in [0.25, 0.3) is 10.9 Å². The molecule has 0 aliphatic heterocycles. The molecule has 5 N–H and O–H groups in total. The van der Waals surface area contributed by atoms with Gasteiger partial charge in [0.2, 0.25) is 30.0 Å². The highest BCUT2D eigenvalue weighted by molar-refractivity contribution is 5.98. The number of hydrogen-bond donors (Lipinski definition) is 5. The van der Waals surface area contributed by atoms with E-state index in [4.69, 9.17) is 0 Å². The van der Waals surface area contributed by atoms with Crippen LogP contribution in [0.2, 0.25) is 0 Å². The fourth-order valence-electron chi connectivity index (χ4n) is 7.34. The second kappa shape index (κ2) is 18.3. The number of aromatic amines is 1. The van der Waals surface area contributed by atoms with Crippen LogP contribution in [-0.2, 0) is 56.7 Å². The van der Waals surface area contributed by atoms with Gasteiger partial charge in [0.05, 0.1) is 24.0 Å². The maximum atomic E-state index is 14.8. The van der Waals surface area contributed by atoms with Gasteiger partial charge in [-0.25, -0.2) is 4.39 Å². The van der Waals surface area contributed by atoms with Crippen LogP contribution < -0.4 is 25.9 Å². The fraction of sp³-hybridized carbons (Fsp3) is 0.548. The highest BCUT2D eigenvalue weighted by atomic mass is 19.4. The standard InChI is InChI=1S/C42H55F4N9O4/c1-8-25(3)34(37(57)47-20-13-21-54-24-55(53-52-54)40(5,6)7)50-39(59)41(19-18-32-29(23-41)28-15-12-16-30(36(28)48-32)42(44,45)46)51-38(58)35(26(4)9-2)49-33(56)22-27-14-10-11-17-31(27)43/h10-12,14-17,24-26,34-35,48H,8-9,13,18-23H2,1-7H3,(H3-,47,49,50,51,56,57,58,59)/p+1/t25?,26?,34?,35?,41-/m1/s1. The number of halogens is 4. The summed E-state index contributed by atoms with van der Waals surface area (Å²) in [5.74, 6) is -3.78. The van der Waals surface area contributed by atoms with E-state index in [1.54, 1.807) is 28.7 Å². The number of nitrogens with zero attached hydrogens (tertiary/aromatic N) is 4. The second-order valence-corrected chi connectivity index (χ2v) is 16.7. The normalized spacial score (nSPS) is 17.7. The molecule has 2 heterocycles. The Morgan fingerprint density at radius 1 is 0.949 bits per heavy atom. The quantitative estimate of drug-likeness (QED) is 0.0618. The number of fused-ring (bicyclic) bond motifs is 3. The summed E-state index contributed by atoms with van der Waals surface area (Å²) in [5.41, 5.74) is -1.90. The zero-order valence-corrected chi connectivity index (χ0v) is 34.7. The lowest BCUT2D eigenvalue weighted by atomic mass is 9.78. The number of carbonyl (C=O) groups excluding carboxylic acids is 4. The third kappa shape index (κ3) is 10.5. The van der Waals surface area contributed by atoms with Gasteiger partial charge in [0.1, 0.15) is 34.2 Å². The molecule has 4 unspecified atom stereocenters. The molecule has 0 spiro atoms. The van der Waals surface area contributed by atoms with Crippen molar-refractivity contribution < 1.29 is 41.4 Å². The van der Waals surface area contributed by atoms with Crippen molar-refractivity contribution in [1.29, 1.82) is 0 Å². The van der Waals surface area contributed by atoms with E-state index < -0.39 is 64.7 Å². The molecule has 320 valence electrons. The molecule has 0 saturated carbocycles. The van der Waals surface area contributed by atoms with Gasteiger partial charge < -0.3 is 26.3 Å². The summed E-state index contributed by atoms with van der Waals surface area (Å²) >= 11 is 0. The summed E-state index contributed by atoms with van der Waals surface area (Å²) in [6.45, 7) is 14.0. The van der Waals surface area contributed by atoms with Crippen LogP contribution in [0.4, 0.5) is 17.6 Å². The van der Waals surface area contributed by atoms with Crippen molar-refractivity contribution in [3.05, 3.63) is 77.0 Å². The molecule has 13 nitrogen and oxygen atoms in total. The van der Waals surface area contributed by atoms with Crippen LogP contribution in [0, 0.1) is 17.7 Å².